The van der Waals surface area contributed by atoms with E-state index in [2.05, 4.69) is 18.5 Å². The minimum atomic E-state index is -0.262. The van der Waals surface area contributed by atoms with E-state index >= 15 is 0 Å². The van der Waals surface area contributed by atoms with E-state index in [4.69, 9.17) is 0 Å². The standard InChI is InChI=1S/C11H12FN/c1-8(2)13-9(3)10-5-4-6-11(12)7-10/h4-7,13H,1,3H2,2H3. The predicted molar refractivity (Wildman–Crippen MR) is 53.4 cm³/mol. The number of hydrogen-bond acceptors (Lipinski definition) is 1. The minimum absolute atomic E-state index is 0.262. The van der Waals surface area contributed by atoms with Gasteiger partial charge in [-0.2, -0.15) is 0 Å². The van der Waals surface area contributed by atoms with E-state index in [9.17, 15) is 4.39 Å². The molecule has 1 rings (SSSR count). The third-order valence-corrected chi connectivity index (χ3v) is 1.54. The zero-order chi connectivity index (χ0) is 9.84. The Morgan fingerprint density at radius 3 is 2.62 bits per heavy atom. The molecule has 0 aliphatic carbocycles. The molecule has 0 atom stereocenters. The molecule has 0 amide bonds. The third kappa shape index (κ3) is 2.75. The van der Waals surface area contributed by atoms with Crippen LogP contribution in [-0.4, -0.2) is 0 Å². The van der Waals surface area contributed by atoms with Crippen LogP contribution >= 0.6 is 0 Å². The molecule has 0 radical (unpaired) electrons. The van der Waals surface area contributed by atoms with Gasteiger partial charge in [0, 0.05) is 17.0 Å². The summed E-state index contributed by atoms with van der Waals surface area (Å²) in [4.78, 5) is 0. The zero-order valence-electron chi connectivity index (χ0n) is 7.60. The Balaban J connectivity index is 2.83. The third-order valence-electron chi connectivity index (χ3n) is 1.54. The summed E-state index contributed by atoms with van der Waals surface area (Å²) < 4.78 is 12.8. The molecule has 0 saturated carbocycles. The van der Waals surface area contributed by atoms with Crippen molar-refractivity contribution in [1.82, 2.24) is 5.32 Å². The Hall–Kier alpha value is -1.57. The fourth-order valence-electron chi connectivity index (χ4n) is 1.01. The van der Waals surface area contributed by atoms with Gasteiger partial charge in [-0.25, -0.2) is 4.39 Å². The van der Waals surface area contributed by atoms with E-state index < -0.39 is 0 Å². The molecule has 68 valence electrons. The van der Waals surface area contributed by atoms with Crippen LogP contribution in [0.15, 0.2) is 43.1 Å². The summed E-state index contributed by atoms with van der Waals surface area (Å²) >= 11 is 0. The van der Waals surface area contributed by atoms with Crippen LogP contribution in [0.3, 0.4) is 0 Å². The highest BCUT2D eigenvalue weighted by Crippen LogP contribution is 2.11. The van der Waals surface area contributed by atoms with Crippen molar-refractivity contribution in [2.45, 2.75) is 6.92 Å². The van der Waals surface area contributed by atoms with Crippen LogP contribution in [0.4, 0.5) is 4.39 Å². The van der Waals surface area contributed by atoms with Crippen molar-refractivity contribution in [3.8, 4) is 0 Å². The lowest BCUT2D eigenvalue weighted by atomic mass is 10.1. The summed E-state index contributed by atoms with van der Waals surface area (Å²) in [6.45, 7) is 9.27. The van der Waals surface area contributed by atoms with Gasteiger partial charge in [-0.1, -0.05) is 25.3 Å². The van der Waals surface area contributed by atoms with Gasteiger partial charge in [-0.05, 0) is 19.1 Å². The van der Waals surface area contributed by atoms with Crippen LogP contribution in [0.1, 0.15) is 12.5 Å². The van der Waals surface area contributed by atoms with Crippen LogP contribution < -0.4 is 5.32 Å². The van der Waals surface area contributed by atoms with Crippen molar-refractivity contribution in [2.24, 2.45) is 0 Å². The van der Waals surface area contributed by atoms with E-state index in [1.165, 1.54) is 12.1 Å². The van der Waals surface area contributed by atoms with Gasteiger partial charge in [-0.3, -0.25) is 0 Å². The largest absolute Gasteiger partial charge is 0.360 e. The Morgan fingerprint density at radius 1 is 1.38 bits per heavy atom. The van der Waals surface area contributed by atoms with Crippen molar-refractivity contribution in [3.63, 3.8) is 0 Å². The average molecular weight is 177 g/mol. The Morgan fingerprint density at radius 2 is 2.08 bits per heavy atom. The van der Waals surface area contributed by atoms with Crippen molar-refractivity contribution in [1.29, 1.82) is 0 Å². The fraction of sp³-hybridized carbons (Fsp3) is 0.0909. The molecule has 1 aromatic carbocycles. The first-order valence-corrected chi connectivity index (χ1v) is 3.97. The van der Waals surface area contributed by atoms with Gasteiger partial charge in [0.15, 0.2) is 0 Å². The van der Waals surface area contributed by atoms with E-state index in [1.54, 1.807) is 12.1 Å². The van der Waals surface area contributed by atoms with Crippen LogP contribution in [0, 0.1) is 5.82 Å². The lowest BCUT2D eigenvalue weighted by Gasteiger charge is -2.08. The minimum Gasteiger partial charge on any atom is -0.360 e. The van der Waals surface area contributed by atoms with Crippen LogP contribution in [0.5, 0.6) is 0 Å². The molecule has 0 bridgehead atoms. The summed E-state index contributed by atoms with van der Waals surface area (Å²) in [5.74, 6) is -0.262. The number of hydrogen-bond donors (Lipinski definition) is 1. The molecule has 0 spiro atoms. The topological polar surface area (TPSA) is 12.0 Å². The zero-order valence-corrected chi connectivity index (χ0v) is 7.60. The number of benzene rings is 1. The smallest absolute Gasteiger partial charge is 0.123 e. The second-order valence-corrected chi connectivity index (χ2v) is 2.89. The number of allylic oxidation sites excluding steroid dienone is 1. The molecule has 0 aliphatic heterocycles. The van der Waals surface area contributed by atoms with Gasteiger partial charge < -0.3 is 5.32 Å². The normalized spacial score (nSPS) is 9.38. The van der Waals surface area contributed by atoms with Crippen molar-refractivity contribution in [2.75, 3.05) is 0 Å². The first-order chi connectivity index (χ1) is 6.09. The maximum absolute atomic E-state index is 12.8. The lowest BCUT2D eigenvalue weighted by molar-refractivity contribution is 0.627. The molecular formula is C11H12FN. The summed E-state index contributed by atoms with van der Waals surface area (Å²) in [6, 6.07) is 6.27. The molecule has 0 aromatic heterocycles. The number of halogens is 1. The van der Waals surface area contributed by atoms with E-state index in [-0.39, 0.29) is 5.82 Å². The lowest BCUT2D eigenvalue weighted by Crippen LogP contribution is -2.07. The van der Waals surface area contributed by atoms with Crippen molar-refractivity contribution in [3.05, 3.63) is 54.5 Å². The molecule has 0 heterocycles. The maximum atomic E-state index is 12.8. The monoisotopic (exact) mass is 177 g/mol. The molecule has 1 N–H and O–H groups in total. The molecule has 1 aromatic rings. The molecule has 0 aliphatic rings. The van der Waals surface area contributed by atoms with Gasteiger partial charge in [0.05, 0.1) is 0 Å². The molecule has 0 unspecified atom stereocenters. The molecule has 0 saturated heterocycles. The summed E-state index contributed by atoms with van der Waals surface area (Å²) in [5, 5.41) is 2.93. The number of rotatable bonds is 3. The Labute approximate surface area is 77.6 Å². The maximum Gasteiger partial charge on any atom is 0.123 e. The van der Waals surface area contributed by atoms with Gasteiger partial charge >= 0.3 is 0 Å². The van der Waals surface area contributed by atoms with E-state index in [0.717, 1.165) is 11.3 Å². The van der Waals surface area contributed by atoms with E-state index in [1.807, 2.05) is 6.92 Å². The summed E-state index contributed by atoms with van der Waals surface area (Å²) in [7, 11) is 0. The predicted octanol–water partition coefficient (Wildman–Crippen LogP) is 2.92. The van der Waals surface area contributed by atoms with Gasteiger partial charge in [0.2, 0.25) is 0 Å². The fourth-order valence-corrected chi connectivity index (χ4v) is 1.01. The quantitative estimate of drug-likeness (QED) is 0.748. The van der Waals surface area contributed by atoms with Gasteiger partial charge in [-0.15, -0.1) is 0 Å². The molecule has 2 heteroatoms. The van der Waals surface area contributed by atoms with Crippen LogP contribution in [0.25, 0.3) is 5.70 Å². The highest BCUT2D eigenvalue weighted by atomic mass is 19.1. The van der Waals surface area contributed by atoms with Crippen molar-refractivity contribution >= 4 is 5.70 Å². The van der Waals surface area contributed by atoms with Crippen molar-refractivity contribution < 1.29 is 4.39 Å². The molecule has 13 heavy (non-hydrogen) atoms. The molecule has 0 fully saturated rings. The summed E-state index contributed by atoms with van der Waals surface area (Å²) in [5.41, 5.74) is 2.18. The highest BCUT2D eigenvalue weighted by molar-refractivity contribution is 5.62. The average Bonchev–Trinajstić information content (AvgIpc) is 2.03. The molecular weight excluding hydrogens is 165 g/mol. The van der Waals surface area contributed by atoms with Crippen LogP contribution in [-0.2, 0) is 0 Å². The SMILES string of the molecule is C=C(C)NC(=C)c1cccc(F)c1. The molecule has 1 nitrogen and oxygen atoms in total. The van der Waals surface area contributed by atoms with E-state index in [0.29, 0.717) is 5.70 Å². The highest BCUT2D eigenvalue weighted by Gasteiger charge is 1.98. The first-order valence-electron chi connectivity index (χ1n) is 3.97. The second kappa shape index (κ2) is 3.90. The Kier molecular flexibility index (Phi) is 2.85. The van der Waals surface area contributed by atoms with Crippen LogP contribution in [0.2, 0.25) is 0 Å². The first kappa shape index (κ1) is 9.52. The second-order valence-electron chi connectivity index (χ2n) is 2.89. The number of nitrogens with one attached hydrogen (secondary N) is 1. The Bertz CT molecular complexity index is 342. The van der Waals surface area contributed by atoms with Gasteiger partial charge in [0.1, 0.15) is 5.82 Å². The summed E-state index contributed by atoms with van der Waals surface area (Å²) in [6.07, 6.45) is 0. The van der Waals surface area contributed by atoms with Gasteiger partial charge in [0.25, 0.3) is 0 Å².